The van der Waals surface area contributed by atoms with Crippen molar-refractivity contribution in [1.82, 2.24) is 15.5 Å². The van der Waals surface area contributed by atoms with Gasteiger partial charge in [-0.3, -0.25) is 4.79 Å². The fraction of sp³-hybridized carbons (Fsp3) is 0.688. The van der Waals surface area contributed by atoms with Crippen molar-refractivity contribution in [1.29, 1.82) is 0 Å². The smallest absolute Gasteiger partial charge is 0.223 e. The molecule has 0 spiro atoms. The highest BCUT2D eigenvalue weighted by Crippen LogP contribution is 2.25. The molecule has 22 heavy (non-hydrogen) atoms. The van der Waals surface area contributed by atoms with Gasteiger partial charge in [0.05, 0.1) is 0 Å². The number of nitrogens with two attached hydrogens (primary N) is 1. The third kappa shape index (κ3) is 3.55. The quantitative estimate of drug-likeness (QED) is 0.869. The third-order valence-electron chi connectivity index (χ3n) is 4.83. The van der Waals surface area contributed by atoms with Crippen LogP contribution in [-0.2, 0) is 4.79 Å². The van der Waals surface area contributed by atoms with Crippen molar-refractivity contribution < 1.29 is 4.79 Å². The summed E-state index contributed by atoms with van der Waals surface area (Å²) in [5.74, 6) is 1.16. The third-order valence-corrected chi connectivity index (χ3v) is 4.83. The molecule has 2 fully saturated rings. The zero-order chi connectivity index (χ0) is 15.4. The van der Waals surface area contributed by atoms with Gasteiger partial charge in [0.1, 0.15) is 0 Å². The van der Waals surface area contributed by atoms with Crippen molar-refractivity contribution in [2.24, 2.45) is 11.7 Å². The van der Waals surface area contributed by atoms with Crippen molar-refractivity contribution in [2.45, 2.75) is 50.6 Å². The predicted molar refractivity (Wildman–Crippen MR) is 85.3 cm³/mol. The van der Waals surface area contributed by atoms with Crippen LogP contribution in [0.1, 0.15) is 38.5 Å². The summed E-state index contributed by atoms with van der Waals surface area (Å²) in [6.07, 6.45) is 7.80. The summed E-state index contributed by atoms with van der Waals surface area (Å²) < 4.78 is 0. The molecule has 3 rings (SSSR count). The average Bonchev–Trinajstić information content (AvgIpc) is 3.02. The molecular formula is C16H25N5O. The molecule has 1 aliphatic carbocycles. The van der Waals surface area contributed by atoms with E-state index in [1.807, 2.05) is 12.1 Å². The first kappa shape index (κ1) is 15.2. The SMILES string of the molecule is NC1CCCC(C(=O)NCC2CCCN2c2cccnn2)C1. The lowest BCUT2D eigenvalue weighted by Gasteiger charge is -2.28. The van der Waals surface area contributed by atoms with Crippen LogP contribution in [0.15, 0.2) is 18.3 Å². The monoisotopic (exact) mass is 303 g/mol. The fourth-order valence-corrected chi connectivity index (χ4v) is 3.62. The molecule has 1 amide bonds. The van der Waals surface area contributed by atoms with Crippen LogP contribution in [0.3, 0.4) is 0 Å². The van der Waals surface area contributed by atoms with E-state index in [9.17, 15) is 4.79 Å². The molecule has 3 N–H and O–H groups in total. The molecule has 0 radical (unpaired) electrons. The number of carbonyl (C=O) groups is 1. The Kier molecular flexibility index (Phi) is 4.87. The molecule has 2 heterocycles. The topological polar surface area (TPSA) is 84.1 Å². The van der Waals surface area contributed by atoms with Gasteiger partial charge in [-0.25, -0.2) is 0 Å². The number of aromatic nitrogens is 2. The van der Waals surface area contributed by atoms with Crippen molar-refractivity contribution in [2.75, 3.05) is 18.0 Å². The molecule has 3 unspecified atom stereocenters. The first-order valence-corrected chi connectivity index (χ1v) is 8.31. The number of hydrogen-bond acceptors (Lipinski definition) is 5. The molecule has 1 aliphatic heterocycles. The van der Waals surface area contributed by atoms with E-state index in [1.165, 1.54) is 0 Å². The van der Waals surface area contributed by atoms with E-state index in [1.54, 1.807) is 6.20 Å². The Bertz CT molecular complexity index is 495. The number of rotatable bonds is 4. The molecule has 1 aromatic heterocycles. The van der Waals surface area contributed by atoms with E-state index in [0.717, 1.165) is 50.9 Å². The van der Waals surface area contributed by atoms with Crippen LogP contribution < -0.4 is 16.0 Å². The highest BCUT2D eigenvalue weighted by atomic mass is 16.1. The Morgan fingerprint density at radius 2 is 2.27 bits per heavy atom. The lowest BCUT2D eigenvalue weighted by molar-refractivity contribution is -0.126. The number of amides is 1. The van der Waals surface area contributed by atoms with Gasteiger partial charge >= 0.3 is 0 Å². The van der Waals surface area contributed by atoms with Gasteiger partial charge < -0.3 is 16.0 Å². The molecule has 0 bridgehead atoms. The Morgan fingerprint density at radius 3 is 3.05 bits per heavy atom. The number of hydrogen-bond donors (Lipinski definition) is 2. The number of carbonyl (C=O) groups excluding carboxylic acids is 1. The fourth-order valence-electron chi connectivity index (χ4n) is 3.62. The lowest BCUT2D eigenvalue weighted by Crippen LogP contribution is -2.44. The van der Waals surface area contributed by atoms with Crippen LogP contribution in [0.5, 0.6) is 0 Å². The maximum Gasteiger partial charge on any atom is 0.223 e. The second-order valence-corrected chi connectivity index (χ2v) is 6.44. The van der Waals surface area contributed by atoms with Crippen molar-refractivity contribution in [3.05, 3.63) is 18.3 Å². The normalized spacial score (nSPS) is 28.6. The number of anilines is 1. The Hall–Kier alpha value is -1.69. The number of nitrogens with one attached hydrogen (secondary N) is 1. The summed E-state index contributed by atoms with van der Waals surface area (Å²) in [7, 11) is 0. The molecule has 1 aromatic rings. The van der Waals surface area contributed by atoms with Gasteiger partial charge in [0.25, 0.3) is 0 Å². The Morgan fingerprint density at radius 1 is 1.36 bits per heavy atom. The van der Waals surface area contributed by atoms with E-state index >= 15 is 0 Å². The van der Waals surface area contributed by atoms with Crippen LogP contribution in [0, 0.1) is 5.92 Å². The molecular weight excluding hydrogens is 278 g/mol. The minimum Gasteiger partial charge on any atom is -0.354 e. The molecule has 1 saturated carbocycles. The first-order chi connectivity index (χ1) is 10.7. The largest absolute Gasteiger partial charge is 0.354 e. The van der Waals surface area contributed by atoms with E-state index in [2.05, 4.69) is 20.4 Å². The van der Waals surface area contributed by atoms with Gasteiger partial charge in [-0.1, -0.05) is 6.42 Å². The van der Waals surface area contributed by atoms with E-state index in [4.69, 9.17) is 5.73 Å². The second kappa shape index (κ2) is 7.05. The van der Waals surface area contributed by atoms with Crippen LogP contribution in [-0.4, -0.2) is 41.3 Å². The van der Waals surface area contributed by atoms with Gasteiger partial charge in [-0.15, -0.1) is 5.10 Å². The maximum atomic E-state index is 12.3. The Balaban J connectivity index is 1.53. The van der Waals surface area contributed by atoms with E-state index in [-0.39, 0.29) is 17.9 Å². The van der Waals surface area contributed by atoms with Crippen LogP contribution in [0.2, 0.25) is 0 Å². The van der Waals surface area contributed by atoms with Gasteiger partial charge in [0, 0.05) is 37.3 Å². The molecule has 3 atom stereocenters. The highest BCUT2D eigenvalue weighted by molar-refractivity contribution is 5.78. The second-order valence-electron chi connectivity index (χ2n) is 6.44. The zero-order valence-electron chi connectivity index (χ0n) is 12.9. The lowest BCUT2D eigenvalue weighted by atomic mass is 9.85. The molecule has 1 saturated heterocycles. The van der Waals surface area contributed by atoms with Crippen LogP contribution in [0.25, 0.3) is 0 Å². The molecule has 2 aliphatic rings. The minimum atomic E-state index is 0.0927. The predicted octanol–water partition coefficient (Wildman–Crippen LogP) is 1.08. The number of nitrogens with zero attached hydrogens (tertiary/aromatic N) is 3. The highest BCUT2D eigenvalue weighted by Gasteiger charge is 2.29. The average molecular weight is 303 g/mol. The minimum absolute atomic E-state index is 0.0927. The van der Waals surface area contributed by atoms with Gasteiger partial charge in [-0.2, -0.15) is 5.10 Å². The van der Waals surface area contributed by atoms with Gasteiger partial charge in [-0.05, 0) is 44.2 Å². The first-order valence-electron chi connectivity index (χ1n) is 8.31. The van der Waals surface area contributed by atoms with Gasteiger partial charge in [0.2, 0.25) is 5.91 Å². The van der Waals surface area contributed by atoms with E-state index < -0.39 is 0 Å². The molecule has 0 aromatic carbocycles. The van der Waals surface area contributed by atoms with Crippen molar-refractivity contribution >= 4 is 11.7 Å². The Labute approximate surface area is 131 Å². The summed E-state index contributed by atoms with van der Waals surface area (Å²) in [6.45, 7) is 1.66. The summed E-state index contributed by atoms with van der Waals surface area (Å²) >= 11 is 0. The molecule has 120 valence electrons. The summed E-state index contributed by atoms with van der Waals surface area (Å²) in [4.78, 5) is 14.6. The summed E-state index contributed by atoms with van der Waals surface area (Å²) in [6, 6.07) is 4.39. The molecule has 6 heteroatoms. The van der Waals surface area contributed by atoms with Gasteiger partial charge in [0.15, 0.2) is 5.82 Å². The van der Waals surface area contributed by atoms with Crippen molar-refractivity contribution in [3.63, 3.8) is 0 Å². The van der Waals surface area contributed by atoms with Crippen LogP contribution >= 0.6 is 0 Å². The van der Waals surface area contributed by atoms with Crippen molar-refractivity contribution in [3.8, 4) is 0 Å². The standard InChI is InChI=1S/C16H25N5O/c17-13-5-1-4-12(10-13)16(22)18-11-14-6-3-9-21(14)15-7-2-8-19-20-15/h2,7-8,12-14H,1,3-6,9-11,17H2,(H,18,22). The zero-order valence-corrected chi connectivity index (χ0v) is 12.9. The summed E-state index contributed by atoms with van der Waals surface area (Å²) in [5, 5.41) is 11.3. The summed E-state index contributed by atoms with van der Waals surface area (Å²) in [5.41, 5.74) is 5.98. The van der Waals surface area contributed by atoms with Crippen LogP contribution in [0.4, 0.5) is 5.82 Å². The van der Waals surface area contributed by atoms with E-state index in [0.29, 0.717) is 12.6 Å². The molecule has 6 nitrogen and oxygen atoms in total. The maximum absolute atomic E-state index is 12.3.